The molecule has 0 aromatic heterocycles. The van der Waals surface area contributed by atoms with Gasteiger partial charge in [0.2, 0.25) is 0 Å². The molecule has 0 amide bonds. The first-order valence-electron chi connectivity index (χ1n) is 4.03. The second-order valence-corrected chi connectivity index (χ2v) is 3.76. The van der Waals surface area contributed by atoms with Crippen molar-refractivity contribution in [3.05, 3.63) is 0 Å². The van der Waals surface area contributed by atoms with E-state index in [2.05, 4.69) is 0 Å². The Morgan fingerprint density at radius 3 is 2.91 bits per heavy atom. The Labute approximate surface area is 64.7 Å². The molecule has 2 aliphatic carbocycles. The van der Waals surface area contributed by atoms with E-state index in [1.165, 1.54) is 7.11 Å². The van der Waals surface area contributed by atoms with Gasteiger partial charge in [0.1, 0.15) is 5.41 Å². The van der Waals surface area contributed by atoms with Crippen LogP contribution in [0, 0.1) is 11.3 Å². The fourth-order valence-electron chi connectivity index (χ4n) is 2.89. The molecule has 0 spiro atoms. The summed E-state index contributed by atoms with van der Waals surface area (Å²) in [5.41, 5.74) is -0.181. The van der Waals surface area contributed by atoms with Gasteiger partial charge in [0, 0.05) is 5.92 Å². The summed E-state index contributed by atoms with van der Waals surface area (Å²) >= 11 is 0. The van der Waals surface area contributed by atoms with Gasteiger partial charge in [-0.15, -0.1) is 0 Å². The topological polar surface area (TPSA) is 35.5 Å². The number of rotatable bonds is 1. The van der Waals surface area contributed by atoms with Crippen molar-refractivity contribution in [2.45, 2.75) is 25.0 Å². The van der Waals surface area contributed by atoms with Gasteiger partial charge in [-0.25, -0.2) is 0 Å². The van der Waals surface area contributed by atoms with Crippen LogP contribution in [0.1, 0.15) is 12.8 Å². The summed E-state index contributed by atoms with van der Waals surface area (Å²) in [6.45, 7) is 0. The Hall–Kier alpha value is -0.570. The van der Waals surface area contributed by atoms with Crippen LogP contribution in [0.25, 0.3) is 0 Å². The molecule has 2 heterocycles. The summed E-state index contributed by atoms with van der Waals surface area (Å²) < 4.78 is 10.3. The largest absolute Gasteiger partial charge is 0.469 e. The molecular formula is C8H10O3. The molecule has 4 aliphatic rings. The molecule has 60 valence electrons. The minimum Gasteiger partial charge on any atom is -0.469 e. The number of esters is 1. The van der Waals surface area contributed by atoms with Crippen LogP contribution in [-0.4, -0.2) is 25.3 Å². The quantitative estimate of drug-likeness (QED) is 0.511. The summed E-state index contributed by atoms with van der Waals surface area (Å²) in [7, 11) is 1.46. The Morgan fingerprint density at radius 2 is 2.55 bits per heavy atom. The monoisotopic (exact) mass is 154 g/mol. The number of ether oxygens (including phenoxy) is 2. The lowest BCUT2D eigenvalue weighted by Crippen LogP contribution is -2.18. The summed E-state index contributed by atoms with van der Waals surface area (Å²) in [5.74, 6) is 0.451. The molecule has 4 unspecified atom stereocenters. The van der Waals surface area contributed by atoms with Crippen LogP contribution in [0.4, 0.5) is 0 Å². The highest BCUT2D eigenvalue weighted by molar-refractivity contribution is 5.83. The van der Waals surface area contributed by atoms with Gasteiger partial charge >= 0.3 is 5.97 Å². The maximum absolute atomic E-state index is 11.3. The van der Waals surface area contributed by atoms with E-state index in [0.29, 0.717) is 12.0 Å². The third kappa shape index (κ3) is 0.439. The Balaban J connectivity index is 1.95. The van der Waals surface area contributed by atoms with E-state index < -0.39 is 0 Å². The average molecular weight is 154 g/mol. The molecule has 2 saturated carbocycles. The predicted molar refractivity (Wildman–Crippen MR) is 35.8 cm³/mol. The van der Waals surface area contributed by atoms with Gasteiger partial charge in [0.15, 0.2) is 0 Å². The van der Waals surface area contributed by atoms with E-state index in [1.807, 2.05) is 0 Å². The maximum atomic E-state index is 11.3. The van der Waals surface area contributed by atoms with Gasteiger partial charge in [-0.1, -0.05) is 0 Å². The number of carbonyl (C=O) groups is 1. The standard InChI is InChI=1S/C8H10O3/c1-10-7(9)8-3-4-2-5(8)6(8)11-4/h4-6H,2-3H2,1H3. The van der Waals surface area contributed by atoms with Gasteiger partial charge in [-0.05, 0) is 12.8 Å². The lowest BCUT2D eigenvalue weighted by Gasteiger charge is -2.04. The number of hydrogen-bond acceptors (Lipinski definition) is 3. The van der Waals surface area contributed by atoms with Crippen molar-refractivity contribution in [1.29, 1.82) is 0 Å². The van der Waals surface area contributed by atoms with Crippen molar-refractivity contribution in [2.24, 2.45) is 11.3 Å². The highest BCUT2D eigenvalue weighted by Crippen LogP contribution is 2.72. The molecule has 11 heavy (non-hydrogen) atoms. The second-order valence-electron chi connectivity index (χ2n) is 3.76. The molecule has 4 rings (SSSR count). The van der Waals surface area contributed by atoms with E-state index in [4.69, 9.17) is 9.47 Å². The Bertz CT molecular complexity index is 223. The summed E-state index contributed by atoms with van der Waals surface area (Å²) in [4.78, 5) is 11.3. The van der Waals surface area contributed by atoms with Gasteiger partial charge < -0.3 is 9.47 Å². The first kappa shape index (κ1) is 6.00. The van der Waals surface area contributed by atoms with Crippen LogP contribution in [0.15, 0.2) is 0 Å². The molecule has 0 radical (unpaired) electrons. The smallest absolute Gasteiger partial charge is 0.314 e. The van der Waals surface area contributed by atoms with Crippen molar-refractivity contribution < 1.29 is 14.3 Å². The zero-order chi connectivity index (χ0) is 7.64. The van der Waals surface area contributed by atoms with Crippen molar-refractivity contribution >= 4 is 5.97 Å². The SMILES string of the molecule is COC(=O)C12CC3CC1C2O3. The number of methoxy groups -OCH3 is 1. The first-order valence-corrected chi connectivity index (χ1v) is 4.03. The molecule has 3 nitrogen and oxygen atoms in total. The van der Waals surface area contributed by atoms with E-state index >= 15 is 0 Å². The molecule has 4 atom stereocenters. The van der Waals surface area contributed by atoms with Crippen molar-refractivity contribution in [2.75, 3.05) is 7.11 Å². The van der Waals surface area contributed by atoms with Crippen LogP contribution in [0.3, 0.4) is 0 Å². The zero-order valence-corrected chi connectivity index (χ0v) is 6.37. The van der Waals surface area contributed by atoms with Crippen LogP contribution in [0.2, 0.25) is 0 Å². The number of hydrogen-bond donors (Lipinski definition) is 0. The molecule has 0 aromatic carbocycles. The summed E-state index contributed by atoms with van der Waals surface area (Å²) in [6, 6.07) is 0. The highest BCUT2D eigenvalue weighted by atomic mass is 16.6. The molecular weight excluding hydrogens is 144 g/mol. The summed E-state index contributed by atoms with van der Waals surface area (Å²) in [6.07, 6.45) is 2.58. The van der Waals surface area contributed by atoms with E-state index in [-0.39, 0.29) is 17.5 Å². The van der Waals surface area contributed by atoms with Crippen LogP contribution >= 0.6 is 0 Å². The van der Waals surface area contributed by atoms with E-state index in [9.17, 15) is 4.79 Å². The Morgan fingerprint density at radius 1 is 1.73 bits per heavy atom. The maximum Gasteiger partial charge on any atom is 0.314 e. The minimum absolute atomic E-state index is 0.0486. The lowest BCUT2D eigenvalue weighted by atomic mass is 10.1. The second kappa shape index (κ2) is 1.46. The van der Waals surface area contributed by atoms with Crippen LogP contribution in [0.5, 0.6) is 0 Å². The Kier molecular flexibility index (Phi) is 0.796. The number of carbonyl (C=O) groups excluding carboxylic acids is 1. The highest BCUT2D eigenvalue weighted by Gasteiger charge is 2.81. The fraction of sp³-hybridized carbons (Fsp3) is 0.875. The van der Waals surface area contributed by atoms with E-state index in [1.54, 1.807) is 0 Å². The van der Waals surface area contributed by atoms with Crippen molar-refractivity contribution in [3.63, 3.8) is 0 Å². The summed E-state index contributed by atoms with van der Waals surface area (Å²) in [5, 5.41) is 0. The molecule has 2 saturated heterocycles. The fourth-order valence-corrected chi connectivity index (χ4v) is 2.89. The third-order valence-electron chi connectivity index (χ3n) is 3.41. The van der Waals surface area contributed by atoms with E-state index in [0.717, 1.165) is 12.8 Å². The third-order valence-corrected chi connectivity index (χ3v) is 3.41. The average Bonchev–Trinajstić information content (AvgIpc) is 2.57. The van der Waals surface area contributed by atoms with Crippen molar-refractivity contribution in [3.8, 4) is 0 Å². The van der Waals surface area contributed by atoms with Gasteiger partial charge in [0.25, 0.3) is 0 Å². The molecule has 3 heteroatoms. The molecule has 4 bridgehead atoms. The molecule has 4 fully saturated rings. The van der Waals surface area contributed by atoms with Gasteiger partial charge in [0.05, 0.1) is 19.3 Å². The molecule has 0 aromatic rings. The molecule has 2 aliphatic heterocycles. The minimum atomic E-state index is -0.181. The van der Waals surface area contributed by atoms with Crippen molar-refractivity contribution in [1.82, 2.24) is 0 Å². The predicted octanol–water partition coefficient (Wildman–Crippen LogP) is 0.337. The first-order chi connectivity index (χ1) is 5.29. The van der Waals surface area contributed by atoms with Crippen LogP contribution < -0.4 is 0 Å². The normalized spacial score (nSPS) is 56.3. The zero-order valence-electron chi connectivity index (χ0n) is 6.37. The molecule has 0 N–H and O–H groups in total. The van der Waals surface area contributed by atoms with Gasteiger partial charge in [-0.3, -0.25) is 4.79 Å². The lowest BCUT2D eigenvalue weighted by molar-refractivity contribution is -0.147. The van der Waals surface area contributed by atoms with Crippen LogP contribution in [-0.2, 0) is 14.3 Å². The van der Waals surface area contributed by atoms with Gasteiger partial charge in [-0.2, -0.15) is 0 Å².